The monoisotopic (exact) mass is 288 g/mol. The number of carboxylic acids is 1. The summed E-state index contributed by atoms with van der Waals surface area (Å²) >= 11 is 1.59. The molecule has 1 aliphatic heterocycles. The number of carbonyl (C=O) groups excluding carboxylic acids is 1. The van der Waals surface area contributed by atoms with Crippen LogP contribution < -0.4 is 0 Å². The maximum atomic E-state index is 12.6. The summed E-state index contributed by atoms with van der Waals surface area (Å²) in [5.74, 6) is 0.750. The lowest BCUT2D eigenvalue weighted by Gasteiger charge is -2.39. The topological polar surface area (TPSA) is 60.9 Å². The zero-order valence-electron chi connectivity index (χ0n) is 12.1. The molecule has 1 rings (SSSR count). The van der Waals surface area contributed by atoms with E-state index in [1.54, 1.807) is 16.7 Å². The van der Waals surface area contributed by atoms with E-state index in [-0.39, 0.29) is 12.1 Å². The Balaban J connectivity index is 2.84. The largest absolute Gasteiger partial charge is 0.480 e. The number of aliphatic carboxylic acids is 1. The molecule has 6 heteroatoms. The highest BCUT2D eigenvalue weighted by atomic mass is 32.2. The summed E-state index contributed by atoms with van der Waals surface area (Å²) in [6, 6.07) is -0.755. The third-order valence-electron chi connectivity index (χ3n) is 3.09. The Hall–Kier alpha value is -0.910. The molecule has 0 aromatic rings. The van der Waals surface area contributed by atoms with Crippen molar-refractivity contribution in [3.05, 3.63) is 0 Å². The summed E-state index contributed by atoms with van der Waals surface area (Å²) in [6.45, 7) is 9.23. The number of amides is 2. The van der Waals surface area contributed by atoms with Gasteiger partial charge in [-0.2, -0.15) is 11.8 Å². The van der Waals surface area contributed by atoms with Gasteiger partial charge in [-0.05, 0) is 19.8 Å². The van der Waals surface area contributed by atoms with Crippen molar-refractivity contribution in [2.45, 2.75) is 39.8 Å². The molecule has 1 fully saturated rings. The summed E-state index contributed by atoms with van der Waals surface area (Å²) < 4.78 is 0. The van der Waals surface area contributed by atoms with E-state index in [1.807, 2.05) is 13.8 Å². The summed E-state index contributed by atoms with van der Waals surface area (Å²) in [5, 5.41) is 9.23. The van der Waals surface area contributed by atoms with Crippen LogP contribution in [0.2, 0.25) is 0 Å². The zero-order valence-corrected chi connectivity index (χ0v) is 12.9. The summed E-state index contributed by atoms with van der Waals surface area (Å²) in [5.41, 5.74) is 0. The van der Waals surface area contributed by atoms with Gasteiger partial charge in [0.2, 0.25) is 0 Å². The van der Waals surface area contributed by atoms with Crippen molar-refractivity contribution in [3.63, 3.8) is 0 Å². The van der Waals surface area contributed by atoms with Gasteiger partial charge in [0.25, 0.3) is 0 Å². The second kappa shape index (κ2) is 7.03. The first-order chi connectivity index (χ1) is 8.84. The Morgan fingerprint density at radius 2 is 2.00 bits per heavy atom. The predicted octanol–water partition coefficient (Wildman–Crippen LogP) is 1.97. The molecule has 0 aliphatic carbocycles. The summed E-state index contributed by atoms with van der Waals surface area (Å²) in [4.78, 5) is 27.1. The number of rotatable bonds is 4. The average molecular weight is 288 g/mol. The van der Waals surface area contributed by atoms with Gasteiger partial charge in [0.1, 0.15) is 6.04 Å². The number of carbonyl (C=O) groups is 2. The summed E-state index contributed by atoms with van der Waals surface area (Å²) in [6.07, 6.45) is 0. The van der Waals surface area contributed by atoms with Gasteiger partial charge in [0.05, 0.1) is 0 Å². The Bertz CT molecular complexity index is 334. The van der Waals surface area contributed by atoms with Gasteiger partial charge in [-0.3, -0.25) is 0 Å². The molecule has 110 valence electrons. The smallest absolute Gasteiger partial charge is 0.327 e. The van der Waals surface area contributed by atoms with Crippen molar-refractivity contribution in [1.29, 1.82) is 0 Å². The van der Waals surface area contributed by atoms with Crippen molar-refractivity contribution in [2.24, 2.45) is 5.92 Å². The molecule has 0 aromatic heterocycles. The van der Waals surface area contributed by atoms with E-state index in [0.29, 0.717) is 24.8 Å². The van der Waals surface area contributed by atoms with E-state index >= 15 is 0 Å². The average Bonchev–Trinajstić information content (AvgIpc) is 2.34. The second-order valence-corrected chi connectivity index (χ2v) is 6.69. The first-order valence-electron chi connectivity index (χ1n) is 6.72. The molecule has 1 aliphatic rings. The highest BCUT2D eigenvalue weighted by molar-refractivity contribution is 7.99. The molecule has 0 aromatic carbocycles. The number of thioether (sulfide) groups is 1. The highest BCUT2D eigenvalue weighted by Crippen LogP contribution is 2.20. The minimum atomic E-state index is -0.909. The van der Waals surface area contributed by atoms with Gasteiger partial charge in [0, 0.05) is 30.6 Å². The van der Waals surface area contributed by atoms with E-state index in [9.17, 15) is 14.7 Å². The molecule has 1 N–H and O–H groups in total. The summed E-state index contributed by atoms with van der Waals surface area (Å²) in [7, 11) is 0. The molecule has 0 saturated carbocycles. The SMILES string of the molecule is CC(C)CN(C(=O)N1CCSCC1C(=O)O)C(C)C. The van der Waals surface area contributed by atoms with Gasteiger partial charge >= 0.3 is 12.0 Å². The molecule has 0 radical (unpaired) electrons. The van der Waals surface area contributed by atoms with Crippen LogP contribution in [-0.4, -0.2) is 63.6 Å². The maximum absolute atomic E-state index is 12.6. The third-order valence-corrected chi connectivity index (χ3v) is 4.11. The minimum absolute atomic E-state index is 0.0823. The maximum Gasteiger partial charge on any atom is 0.327 e. The van der Waals surface area contributed by atoms with Crippen LogP contribution in [0, 0.1) is 5.92 Å². The quantitative estimate of drug-likeness (QED) is 0.859. The van der Waals surface area contributed by atoms with Crippen LogP contribution >= 0.6 is 11.8 Å². The first kappa shape index (κ1) is 16.1. The number of carboxylic acid groups (broad SMARTS) is 1. The lowest BCUT2D eigenvalue weighted by Crippen LogP contribution is -2.56. The van der Waals surface area contributed by atoms with E-state index in [1.165, 1.54) is 4.90 Å². The normalized spacial score (nSPS) is 19.9. The number of nitrogens with zero attached hydrogens (tertiary/aromatic N) is 2. The fraction of sp³-hybridized carbons (Fsp3) is 0.846. The van der Waals surface area contributed by atoms with Crippen LogP contribution in [0.4, 0.5) is 4.79 Å². The molecule has 1 atom stereocenters. The van der Waals surface area contributed by atoms with Gasteiger partial charge in [-0.25, -0.2) is 9.59 Å². The molecular formula is C13H24N2O3S. The standard InChI is InChI=1S/C13H24N2O3S/c1-9(2)7-15(10(3)4)13(18)14-5-6-19-8-11(14)12(16)17/h9-11H,5-8H2,1-4H3,(H,16,17). The fourth-order valence-electron chi connectivity index (χ4n) is 2.11. The third kappa shape index (κ3) is 4.30. The number of urea groups is 1. The predicted molar refractivity (Wildman–Crippen MR) is 77.5 cm³/mol. The molecule has 1 unspecified atom stereocenters. The van der Waals surface area contributed by atoms with Crippen LogP contribution in [0.5, 0.6) is 0 Å². The Labute approximate surface area is 119 Å². The Morgan fingerprint density at radius 1 is 1.37 bits per heavy atom. The van der Waals surface area contributed by atoms with Crippen molar-refractivity contribution in [2.75, 3.05) is 24.6 Å². The molecular weight excluding hydrogens is 264 g/mol. The first-order valence-corrected chi connectivity index (χ1v) is 7.87. The molecule has 5 nitrogen and oxygen atoms in total. The molecule has 2 amide bonds. The van der Waals surface area contributed by atoms with E-state index in [2.05, 4.69) is 13.8 Å². The van der Waals surface area contributed by atoms with Crippen LogP contribution in [-0.2, 0) is 4.79 Å². The molecule has 0 bridgehead atoms. The lowest BCUT2D eigenvalue weighted by molar-refractivity contribution is -0.141. The van der Waals surface area contributed by atoms with Crippen LogP contribution in [0.15, 0.2) is 0 Å². The van der Waals surface area contributed by atoms with E-state index in [4.69, 9.17) is 0 Å². The second-order valence-electron chi connectivity index (χ2n) is 5.54. The molecule has 1 heterocycles. The van der Waals surface area contributed by atoms with Crippen molar-refractivity contribution in [1.82, 2.24) is 9.80 Å². The van der Waals surface area contributed by atoms with Gasteiger partial charge in [-0.1, -0.05) is 13.8 Å². The van der Waals surface area contributed by atoms with Crippen molar-refractivity contribution >= 4 is 23.8 Å². The molecule has 19 heavy (non-hydrogen) atoms. The number of hydrogen-bond donors (Lipinski definition) is 1. The van der Waals surface area contributed by atoms with Crippen LogP contribution in [0.1, 0.15) is 27.7 Å². The lowest BCUT2D eigenvalue weighted by atomic mass is 10.2. The zero-order chi connectivity index (χ0) is 14.6. The molecule has 1 saturated heterocycles. The highest BCUT2D eigenvalue weighted by Gasteiger charge is 2.35. The van der Waals surface area contributed by atoms with E-state index < -0.39 is 12.0 Å². The number of hydrogen-bond acceptors (Lipinski definition) is 3. The fourth-order valence-corrected chi connectivity index (χ4v) is 3.14. The van der Waals surface area contributed by atoms with Crippen molar-refractivity contribution < 1.29 is 14.7 Å². The van der Waals surface area contributed by atoms with E-state index in [0.717, 1.165) is 5.75 Å². The van der Waals surface area contributed by atoms with Gasteiger partial charge < -0.3 is 14.9 Å². The van der Waals surface area contributed by atoms with Gasteiger partial charge in [0.15, 0.2) is 0 Å². The molecule has 0 spiro atoms. The minimum Gasteiger partial charge on any atom is -0.480 e. The van der Waals surface area contributed by atoms with Gasteiger partial charge in [-0.15, -0.1) is 0 Å². The Kier molecular flexibility index (Phi) is 5.97. The van der Waals surface area contributed by atoms with Crippen molar-refractivity contribution in [3.8, 4) is 0 Å². The van der Waals surface area contributed by atoms with Crippen LogP contribution in [0.25, 0.3) is 0 Å². The van der Waals surface area contributed by atoms with Crippen LogP contribution in [0.3, 0.4) is 0 Å². The Morgan fingerprint density at radius 3 is 2.47 bits per heavy atom.